The van der Waals surface area contributed by atoms with Gasteiger partial charge in [-0.2, -0.15) is 10.2 Å². The van der Waals surface area contributed by atoms with Gasteiger partial charge in [-0.15, -0.1) is 0 Å². The van der Waals surface area contributed by atoms with Crippen LogP contribution < -0.4 is 10.1 Å². The van der Waals surface area contributed by atoms with Crippen LogP contribution in [0.15, 0.2) is 54.2 Å². The molecule has 3 aromatic rings. The molecule has 1 N–H and O–H groups in total. The number of halogens is 1. The summed E-state index contributed by atoms with van der Waals surface area (Å²) in [7, 11) is 0. The molecule has 6 heteroatoms. The first-order chi connectivity index (χ1) is 13.1. The minimum atomic E-state index is 0.411. The highest BCUT2D eigenvalue weighted by Gasteiger charge is 2.09. The van der Waals surface area contributed by atoms with Crippen LogP contribution in [-0.2, 0) is 0 Å². The van der Waals surface area contributed by atoms with Crippen LogP contribution in [0.25, 0.3) is 6.08 Å². The average Bonchev–Trinajstić information content (AvgIpc) is 2.66. The third-order valence-corrected chi connectivity index (χ3v) is 3.97. The van der Waals surface area contributed by atoms with Gasteiger partial charge in [-0.25, -0.2) is 4.98 Å². The zero-order valence-corrected chi connectivity index (χ0v) is 15.7. The molecule has 0 atom stereocenters. The Hall–Kier alpha value is -3.36. The molecule has 3 rings (SSSR count). The Bertz CT molecular complexity index is 1000. The summed E-state index contributed by atoms with van der Waals surface area (Å²) in [6.07, 6.45) is 3.46. The molecule has 0 aliphatic heterocycles. The second-order valence-corrected chi connectivity index (χ2v) is 6.16. The predicted molar refractivity (Wildman–Crippen MR) is 107 cm³/mol. The molecule has 0 bridgehead atoms. The first kappa shape index (κ1) is 18.4. The first-order valence-corrected chi connectivity index (χ1v) is 8.69. The summed E-state index contributed by atoms with van der Waals surface area (Å²) in [5, 5.41) is 12.0. The summed E-state index contributed by atoms with van der Waals surface area (Å²) in [4.78, 5) is 8.61. The molecular weight excluding hydrogens is 360 g/mol. The Morgan fingerprint density at radius 2 is 1.81 bits per heavy atom. The van der Waals surface area contributed by atoms with E-state index in [1.807, 2.05) is 32.1 Å². The molecule has 0 unspecified atom stereocenters. The van der Waals surface area contributed by atoms with Crippen LogP contribution in [-0.4, -0.2) is 9.97 Å². The number of nitrogens with zero attached hydrogens (tertiary/aromatic N) is 3. The SMILES string of the molecule is Cc1cc(/C=C\Cl)cc(C)c1Oc1ccnc(Nc2ccc(C#N)cc2)n1. The normalized spacial score (nSPS) is 10.6. The van der Waals surface area contributed by atoms with Crippen molar-refractivity contribution in [1.82, 2.24) is 9.97 Å². The summed E-state index contributed by atoms with van der Waals surface area (Å²) in [6.45, 7) is 3.95. The van der Waals surface area contributed by atoms with Crippen LogP contribution in [0, 0.1) is 25.2 Å². The summed E-state index contributed by atoms with van der Waals surface area (Å²) >= 11 is 5.66. The zero-order chi connectivity index (χ0) is 19.2. The van der Waals surface area contributed by atoms with Gasteiger partial charge < -0.3 is 10.1 Å². The molecule has 27 heavy (non-hydrogen) atoms. The molecule has 0 fully saturated rings. The quantitative estimate of drug-likeness (QED) is 0.617. The van der Waals surface area contributed by atoms with E-state index in [1.165, 1.54) is 5.54 Å². The first-order valence-electron chi connectivity index (χ1n) is 8.25. The predicted octanol–water partition coefficient (Wildman–Crippen LogP) is 5.71. The number of nitriles is 1. The number of aromatic nitrogens is 2. The van der Waals surface area contributed by atoms with Gasteiger partial charge in [0.05, 0.1) is 11.6 Å². The fourth-order valence-electron chi connectivity index (χ4n) is 2.63. The lowest BCUT2D eigenvalue weighted by atomic mass is 10.1. The standard InChI is InChI=1S/C21H17ClN4O/c1-14-11-17(7-9-22)12-15(2)20(14)27-19-8-10-24-21(26-19)25-18-5-3-16(13-23)4-6-18/h3-12H,1-2H3,(H,24,25,26)/b9-7-. The van der Waals surface area contributed by atoms with Gasteiger partial charge in [0, 0.05) is 23.5 Å². The maximum absolute atomic E-state index is 8.86. The molecule has 0 aliphatic carbocycles. The van der Waals surface area contributed by atoms with Crippen LogP contribution in [0.2, 0.25) is 0 Å². The minimum Gasteiger partial charge on any atom is -0.438 e. The number of hydrogen-bond acceptors (Lipinski definition) is 5. The molecule has 1 heterocycles. The third kappa shape index (κ3) is 4.63. The van der Waals surface area contributed by atoms with Gasteiger partial charge >= 0.3 is 0 Å². The summed E-state index contributed by atoms with van der Waals surface area (Å²) in [5.74, 6) is 1.60. The fourth-order valence-corrected chi connectivity index (χ4v) is 2.78. The van der Waals surface area contributed by atoms with E-state index in [0.29, 0.717) is 17.4 Å². The largest absolute Gasteiger partial charge is 0.438 e. The minimum absolute atomic E-state index is 0.411. The second-order valence-electron chi connectivity index (χ2n) is 5.91. The highest BCUT2D eigenvalue weighted by atomic mass is 35.5. The van der Waals surface area contributed by atoms with Crippen LogP contribution >= 0.6 is 11.6 Å². The van der Waals surface area contributed by atoms with E-state index in [4.69, 9.17) is 21.6 Å². The van der Waals surface area contributed by atoms with Crippen molar-refractivity contribution in [1.29, 1.82) is 5.26 Å². The maximum atomic E-state index is 8.86. The van der Waals surface area contributed by atoms with Crippen molar-refractivity contribution in [3.8, 4) is 17.7 Å². The molecule has 0 spiro atoms. The Morgan fingerprint density at radius 3 is 2.44 bits per heavy atom. The lowest BCUT2D eigenvalue weighted by molar-refractivity contribution is 0.455. The molecule has 0 saturated heterocycles. The van der Waals surface area contributed by atoms with Crippen LogP contribution in [0.4, 0.5) is 11.6 Å². The maximum Gasteiger partial charge on any atom is 0.230 e. The van der Waals surface area contributed by atoms with Gasteiger partial charge in [0.15, 0.2) is 0 Å². The Morgan fingerprint density at radius 1 is 1.11 bits per heavy atom. The number of nitrogens with one attached hydrogen (secondary N) is 1. The van der Waals surface area contributed by atoms with E-state index in [0.717, 1.165) is 28.1 Å². The highest BCUT2D eigenvalue weighted by molar-refractivity contribution is 6.27. The van der Waals surface area contributed by atoms with E-state index in [-0.39, 0.29) is 0 Å². The molecule has 0 radical (unpaired) electrons. The van der Waals surface area contributed by atoms with Gasteiger partial charge in [0.1, 0.15) is 5.75 Å². The van der Waals surface area contributed by atoms with Crippen molar-refractivity contribution in [3.05, 3.63) is 76.5 Å². The summed E-state index contributed by atoms with van der Waals surface area (Å²) in [5.41, 5.74) is 5.85. The van der Waals surface area contributed by atoms with Crippen LogP contribution in [0.1, 0.15) is 22.3 Å². The lowest BCUT2D eigenvalue weighted by Gasteiger charge is -2.13. The van der Waals surface area contributed by atoms with Crippen LogP contribution in [0.3, 0.4) is 0 Å². The van der Waals surface area contributed by atoms with Gasteiger partial charge in [-0.3, -0.25) is 0 Å². The van der Waals surface area contributed by atoms with Crippen molar-refractivity contribution in [2.24, 2.45) is 0 Å². The lowest BCUT2D eigenvalue weighted by Crippen LogP contribution is -1.99. The molecule has 134 valence electrons. The van der Waals surface area contributed by atoms with Gasteiger partial charge in [-0.05, 0) is 73.0 Å². The number of rotatable bonds is 5. The fraction of sp³-hybridized carbons (Fsp3) is 0.0952. The van der Waals surface area contributed by atoms with E-state index < -0.39 is 0 Å². The van der Waals surface area contributed by atoms with Crippen LogP contribution in [0.5, 0.6) is 11.6 Å². The number of ether oxygens (including phenoxy) is 1. The second kappa shape index (κ2) is 8.35. The molecule has 1 aromatic heterocycles. The summed E-state index contributed by atoms with van der Waals surface area (Å²) in [6, 6.07) is 14.8. The van der Waals surface area contributed by atoms with E-state index in [2.05, 4.69) is 21.4 Å². The molecule has 2 aromatic carbocycles. The summed E-state index contributed by atoms with van der Waals surface area (Å²) < 4.78 is 6.00. The van der Waals surface area contributed by atoms with Crippen molar-refractivity contribution >= 4 is 29.3 Å². The van der Waals surface area contributed by atoms with Gasteiger partial charge in [0.25, 0.3) is 0 Å². The van der Waals surface area contributed by atoms with Crippen molar-refractivity contribution < 1.29 is 4.74 Å². The third-order valence-electron chi connectivity index (χ3n) is 3.84. The van der Waals surface area contributed by atoms with Crippen molar-refractivity contribution in [3.63, 3.8) is 0 Å². The van der Waals surface area contributed by atoms with E-state index in [1.54, 1.807) is 36.5 Å². The van der Waals surface area contributed by atoms with E-state index >= 15 is 0 Å². The number of anilines is 2. The number of aryl methyl sites for hydroxylation is 2. The number of benzene rings is 2. The smallest absolute Gasteiger partial charge is 0.230 e. The topological polar surface area (TPSA) is 70.8 Å². The Kier molecular flexibility index (Phi) is 5.70. The molecule has 0 amide bonds. The van der Waals surface area contributed by atoms with Gasteiger partial charge in [-0.1, -0.05) is 11.6 Å². The Labute approximate surface area is 162 Å². The van der Waals surface area contributed by atoms with Gasteiger partial charge in [0.2, 0.25) is 11.8 Å². The molecule has 5 nitrogen and oxygen atoms in total. The molecular formula is C21H17ClN4O. The Balaban J connectivity index is 1.81. The number of hydrogen-bond donors (Lipinski definition) is 1. The molecule has 0 aliphatic rings. The van der Waals surface area contributed by atoms with Crippen molar-refractivity contribution in [2.45, 2.75) is 13.8 Å². The average molecular weight is 377 g/mol. The van der Waals surface area contributed by atoms with Crippen molar-refractivity contribution in [2.75, 3.05) is 5.32 Å². The molecule has 0 saturated carbocycles. The highest BCUT2D eigenvalue weighted by Crippen LogP contribution is 2.30. The monoisotopic (exact) mass is 376 g/mol. The van der Waals surface area contributed by atoms with E-state index in [9.17, 15) is 0 Å². The zero-order valence-electron chi connectivity index (χ0n) is 14.9.